The summed E-state index contributed by atoms with van der Waals surface area (Å²) in [5.41, 5.74) is -0.516. The topological polar surface area (TPSA) is 66.4 Å². The number of halogens is 3. The lowest BCUT2D eigenvalue weighted by molar-refractivity contribution is -0.146. The lowest BCUT2D eigenvalue weighted by atomic mass is 9.82. The first-order valence-corrected chi connectivity index (χ1v) is 6.24. The molecular formula is C14H12F3NO3. The summed E-state index contributed by atoms with van der Waals surface area (Å²) in [6, 6.07) is 1.57. The van der Waals surface area contributed by atoms with E-state index in [-0.39, 0.29) is 12.8 Å². The second kappa shape index (κ2) is 5.99. The number of rotatable bonds is 3. The summed E-state index contributed by atoms with van der Waals surface area (Å²) in [6.07, 6.45) is 3.69. The van der Waals surface area contributed by atoms with Gasteiger partial charge in [0.2, 0.25) is 5.91 Å². The molecule has 0 aliphatic heterocycles. The summed E-state index contributed by atoms with van der Waals surface area (Å²) >= 11 is 0. The van der Waals surface area contributed by atoms with E-state index in [1.807, 2.05) is 0 Å². The first kappa shape index (κ1) is 15.1. The van der Waals surface area contributed by atoms with E-state index in [4.69, 9.17) is 5.11 Å². The Kier molecular flexibility index (Phi) is 4.30. The number of carboxylic acids is 1. The average Bonchev–Trinajstić information content (AvgIpc) is 2.47. The molecule has 0 unspecified atom stereocenters. The number of anilines is 1. The van der Waals surface area contributed by atoms with Crippen LogP contribution in [0.4, 0.5) is 18.9 Å². The number of aliphatic carboxylic acids is 1. The molecule has 4 nitrogen and oxygen atoms in total. The van der Waals surface area contributed by atoms with Gasteiger partial charge in [-0.3, -0.25) is 9.59 Å². The van der Waals surface area contributed by atoms with Crippen molar-refractivity contribution in [2.45, 2.75) is 12.8 Å². The van der Waals surface area contributed by atoms with E-state index >= 15 is 0 Å². The normalized spacial score (nSPS) is 21.1. The van der Waals surface area contributed by atoms with Crippen LogP contribution in [0.25, 0.3) is 0 Å². The molecule has 1 amide bonds. The molecule has 2 rings (SSSR count). The molecule has 0 saturated heterocycles. The standard InChI is InChI=1S/C14H12F3NO3/c15-9-5-6-10(12(17)11(9)16)18-13(19)7-3-1-2-4-8(7)14(20)21/h1-2,5-8H,3-4H2,(H,18,19)(H,20,21)/t7-,8-/m0/s1. The van der Waals surface area contributed by atoms with Gasteiger partial charge in [0.15, 0.2) is 17.5 Å². The molecule has 1 aliphatic rings. The summed E-state index contributed by atoms with van der Waals surface area (Å²) in [5.74, 6) is -8.26. The van der Waals surface area contributed by atoms with Crippen LogP contribution in [-0.2, 0) is 9.59 Å². The van der Waals surface area contributed by atoms with Gasteiger partial charge in [0.05, 0.1) is 17.5 Å². The Bertz CT molecular complexity index is 616. The fourth-order valence-corrected chi connectivity index (χ4v) is 2.22. The van der Waals surface area contributed by atoms with Gasteiger partial charge in [-0.05, 0) is 25.0 Å². The van der Waals surface area contributed by atoms with Gasteiger partial charge in [0.1, 0.15) is 0 Å². The molecule has 112 valence electrons. The Morgan fingerprint density at radius 2 is 1.67 bits per heavy atom. The van der Waals surface area contributed by atoms with Crippen LogP contribution in [0.1, 0.15) is 12.8 Å². The van der Waals surface area contributed by atoms with Gasteiger partial charge in [-0.15, -0.1) is 0 Å². The smallest absolute Gasteiger partial charge is 0.307 e. The van der Waals surface area contributed by atoms with Gasteiger partial charge in [0.25, 0.3) is 0 Å². The predicted molar refractivity (Wildman–Crippen MR) is 67.9 cm³/mol. The summed E-state index contributed by atoms with van der Waals surface area (Å²) < 4.78 is 39.4. The summed E-state index contributed by atoms with van der Waals surface area (Å²) in [7, 11) is 0. The maximum absolute atomic E-state index is 13.5. The van der Waals surface area contributed by atoms with Crippen molar-refractivity contribution in [2.24, 2.45) is 11.8 Å². The van der Waals surface area contributed by atoms with Crippen molar-refractivity contribution in [3.8, 4) is 0 Å². The lowest BCUT2D eigenvalue weighted by Crippen LogP contribution is -2.35. The zero-order valence-electron chi connectivity index (χ0n) is 10.8. The van der Waals surface area contributed by atoms with Crippen LogP contribution in [0.2, 0.25) is 0 Å². The molecule has 0 heterocycles. The van der Waals surface area contributed by atoms with E-state index in [2.05, 4.69) is 5.32 Å². The summed E-state index contributed by atoms with van der Waals surface area (Å²) in [6.45, 7) is 0. The van der Waals surface area contributed by atoms with E-state index in [1.54, 1.807) is 12.2 Å². The van der Waals surface area contributed by atoms with Crippen LogP contribution in [0.3, 0.4) is 0 Å². The highest BCUT2D eigenvalue weighted by Gasteiger charge is 2.34. The van der Waals surface area contributed by atoms with Crippen LogP contribution >= 0.6 is 0 Å². The first-order valence-electron chi connectivity index (χ1n) is 6.24. The van der Waals surface area contributed by atoms with Crippen molar-refractivity contribution >= 4 is 17.6 Å². The van der Waals surface area contributed by atoms with Crippen molar-refractivity contribution in [2.75, 3.05) is 5.32 Å². The highest BCUT2D eigenvalue weighted by atomic mass is 19.2. The molecule has 0 aromatic heterocycles. The maximum Gasteiger partial charge on any atom is 0.307 e. The quantitative estimate of drug-likeness (QED) is 0.666. The molecule has 0 fully saturated rings. The third-order valence-electron chi connectivity index (χ3n) is 3.38. The van der Waals surface area contributed by atoms with E-state index in [9.17, 15) is 22.8 Å². The second-order valence-corrected chi connectivity index (χ2v) is 4.71. The molecule has 21 heavy (non-hydrogen) atoms. The molecule has 0 spiro atoms. The third-order valence-corrected chi connectivity index (χ3v) is 3.38. The first-order chi connectivity index (χ1) is 9.91. The summed E-state index contributed by atoms with van der Waals surface area (Å²) in [4.78, 5) is 23.1. The molecule has 2 atom stereocenters. The van der Waals surface area contributed by atoms with E-state index < -0.39 is 46.9 Å². The monoisotopic (exact) mass is 299 g/mol. The number of carbonyl (C=O) groups is 2. The van der Waals surface area contributed by atoms with Crippen LogP contribution in [0.15, 0.2) is 24.3 Å². The highest BCUT2D eigenvalue weighted by molar-refractivity contribution is 5.95. The van der Waals surface area contributed by atoms with Crippen molar-refractivity contribution < 1.29 is 27.9 Å². The number of amides is 1. The van der Waals surface area contributed by atoms with Crippen LogP contribution in [0.5, 0.6) is 0 Å². The van der Waals surface area contributed by atoms with Gasteiger partial charge < -0.3 is 10.4 Å². The Balaban J connectivity index is 2.20. The molecule has 2 N–H and O–H groups in total. The largest absolute Gasteiger partial charge is 0.481 e. The number of allylic oxidation sites excluding steroid dienone is 2. The van der Waals surface area contributed by atoms with Gasteiger partial charge >= 0.3 is 5.97 Å². The fraction of sp³-hybridized carbons (Fsp3) is 0.286. The minimum absolute atomic E-state index is 0.188. The summed E-state index contributed by atoms with van der Waals surface area (Å²) in [5, 5.41) is 11.2. The van der Waals surface area contributed by atoms with Crippen molar-refractivity contribution in [3.05, 3.63) is 41.7 Å². The highest BCUT2D eigenvalue weighted by Crippen LogP contribution is 2.28. The van der Waals surface area contributed by atoms with E-state index in [0.717, 1.165) is 6.07 Å². The zero-order chi connectivity index (χ0) is 15.6. The van der Waals surface area contributed by atoms with Crippen molar-refractivity contribution in [1.82, 2.24) is 0 Å². The molecule has 1 aliphatic carbocycles. The van der Waals surface area contributed by atoms with Gasteiger partial charge in [-0.1, -0.05) is 12.2 Å². The Morgan fingerprint density at radius 3 is 2.29 bits per heavy atom. The van der Waals surface area contributed by atoms with E-state index in [0.29, 0.717) is 6.07 Å². The SMILES string of the molecule is O=C(O)[C@H]1CC=CC[C@@H]1C(=O)Nc1ccc(F)c(F)c1F. The average molecular weight is 299 g/mol. The molecule has 0 radical (unpaired) electrons. The number of hydrogen-bond donors (Lipinski definition) is 2. The molecular weight excluding hydrogens is 287 g/mol. The number of carboxylic acid groups (broad SMARTS) is 1. The van der Waals surface area contributed by atoms with Crippen molar-refractivity contribution in [1.29, 1.82) is 0 Å². The molecule has 7 heteroatoms. The van der Waals surface area contributed by atoms with Crippen LogP contribution < -0.4 is 5.32 Å². The number of hydrogen-bond acceptors (Lipinski definition) is 2. The van der Waals surface area contributed by atoms with Crippen molar-refractivity contribution in [3.63, 3.8) is 0 Å². The molecule has 1 aromatic carbocycles. The van der Waals surface area contributed by atoms with Gasteiger partial charge in [-0.25, -0.2) is 13.2 Å². The molecule has 0 saturated carbocycles. The number of nitrogens with one attached hydrogen (secondary N) is 1. The fourth-order valence-electron chi connectivity index (χ4n) is 2.22. The Hall–Kier alpha value is -2.31. The van der Waals surface area contributed by atoms with E-state index in [1.165, 1.54) is 0 Å². The number of benzene rings is 1. The Morgan fingerprint density at radius 1 is 1.05 bits per heavy atom. The lowest BCUT2D eigenvalue weighted by Gasteiger charge is -2.24. The zero-order valence-corrected chi connectivity index (χ0v) is 10.8. The minimum atomic E-state index is -1.69. The second-order valence-electron chi connectivity index (χ2n) is 4.71. The molecule has 1 aromatic rings. The van der Waals surface area contributed by atoms with Crippen LogP contribution in [-0.4, -0.2) is 17.0 Å². The predicted octanol–water partition coefficient (Wildman–Crippen LogP) is 2.71. The number of carbonyl (C=O) groups excluding carboxylic acids is 1. The molecule has 0 bridgehead atoms. The minimum Gasteiger partial charge on any atom is -0.481 e. The Labute approximate surface area is 118 Å². The van der Waals surface area contributed by atoms with Gasteiger partial charge in [0, 0.05) is 0 Å². The van der Waals surface area contributed by atoms with Crippen LogP contribution in [0, 0.1) is 29.3 Å². The maximum atomic E-state index is 13.5. The van der Waals surface area contributed by atoms with Gasteiger partial charge in [-0.2, -0.15) is 0 Å². The third kappa shape index (κ3) is 3.07.